The molecule has 0 radical (unpaired) electrons. The maximum atomic E-state index is 10.4. The number of fused-ring (bicyclic) bond motifs is 1. The highest BCUT2D eigenvalue weighted by molar-refractivity contribution is 5.38. The third-order valence-electron chi connectivity index (χ3n) is 8.42. The Morgan fingerprint density at radius 2 is 1.84 bits per heavy atom. The molecule has 3 fully saturated rings. The molecule has 3 nitrogen and oxygen atoms in total. The molecule has 3 heteroatoms. The molecule has 31 heavy (non-hydrogen) atoms. The van der Waals surface area contributed by atoms with Crippen LogP contribution in [0.1, 0.15) is 79.6 Å². The third-order valence-corrected chi connectivity index (χ3v) is 8.42. The monoisotopic (exact) mass is 428 g/mol. The summed E-state index contributed by atoms with van der Waals surface area (Å²) >= 11 is 0. The van der Waals surface area contributed by atoms with Gasteiger partial charge in [0, 0.05) is 6.42 Å². The Bertz CT molecular complexity index is 753. The van der Waals surface area contributed by atoms with E-state index >= 15 is 0 Å². The van der Waals surface area contributed by atoms with Crippen molar-refractivity contribution >= 4 is 0 Å². The van der Waals surface area contributed by atoms with Gasteiger partial charge in [-0.15, -0.1) is 0 Å². The van der Waals surface area contributed by atoms with Crippen molar-refractivity contribution in [2.24, 2.45) is 28.6 Å². The Morgan fingerprint density at radius 1 is 1.13 bits per heavy atom. The van der Waals surface area contributed by atoms with Gasteiger partial charge in [-0.2, -0.15) is 0 Å². The smallest absolute Gasteiger partial charge is 0.0811 e. The minimum absolute atomic E-state index is 0.128. The molecule has 0 bridgehead atoms. The predicted molar refractivity (Wildman–Crippen MR) is 128 cm³/mol. The minimum Gasteiger partial charge on any atom is -0.393 e. The first-order valence-corrected chi connectivity index (χ1v) is 12.2. The number of hydrogen-bond donors (Lipinski definition) is 3. The number of aliphatic hydroxyl groups excluding tert-OH is 3. The van der Waals surface area contributed by atoms with Crippen molar-refractivity contribution in [3.63, 3.8) is 0 Å². The van der Waals surface area contributed by atoms with Crippen molar-refractivity contribution in [1.29, 1.82) is 0 Å². The maximum absolute atomic E-state index is 10.4. The largest absolute Gasteiger partial charge is 0.393 e. The van der Waals surface area contributed by atoms with Crippen LogP contribution >= 0.6 is 0 Å². The van der Waals surface area contributed by atoms with Crippen LogP contribution in [0.2, 0.25) is 0 Å². The summed E-state index contributed by atoms with van der Waals surface area (Å²) in [5, 5.41) is 30.6. The van der Waals surface area contributed by atoms with Gasteiger partial charge >= 0.3 is 0 Å². The molecule has 174 valence electrons. The van der Waals surface area contributed by atoms with Crippen LogP contribution in [-0.2, 0) is 0 Å². The summed E-state index contributed by atoms with van der Waals surface area (Å²) in [6, 6.07) is 0. The van der Waals surface area contributed by atoms with Crippen LogP contribution < -0.4 is 0 Å². The van der Waals surface area contributed by atoms with E-state index in [4.69, 9.17) is 0 Å². The van der Waals surface area contributed by atoms with Gasteiger partial charge in [-0.05, 0) is 78.3 Å². The molecular formula is C28H44O3. The van der Waals surface area contributed by atoms with E-state index in [-0.39, 0.29) is 5.41 Å². The lowest BCUT2D eigenvalue weighted by Gasteiger charge is -2.44. The zero-order valence-corrected chi connectivity index (χ0v) is 20.3. The molecule has 0 amide bonds. The van der Waals surface area contributed by atoms with Crippen molar-refractivity contribution < 1.29 is 15.3 Å². The summed E-state index contributed by atoms with van der Waals surface area (Å²) in [7, 11) is 0. The van der Waals surface area contributed by atoms with Gasteiger partial charge in [0.1, 0.15) is 0 Å². The molecule has 3 aliphatic rings. The van der Waals surface area contributed by atoms with Gasteiger partial charge in [-0.25, -0.2) is 0 Å². The van der Waals surface area contributed by atoms with Crippen LogP contribution in [0.4, 0.5) is 0 Å². The van der Waals surface area contributed by atoms with E-state index in [0.29, 0.717) is 36.0 Å². The topological polar surface area (TPSA) is 60.7 Å². The van der Waals surface area contributed by atoms with Crippen LogP contribution in [0, 0.1) is 28.6 Å². The normalized spacial score (nSPS) is 39.3. The zero-order chi connectivity index (χ0) is 23.0. The van der Waals surface area contributed by atoms with Crippen LogP contribution in [0.25, 0.3) is 0 Å². The summed E-state index contributed by atoms with van der Waals surface area (Å²) in [5.41, 5.74) is 3.45. The number of allylic oxidation sites excluding steroid dienone is 4. The van der Waals surface area contributed by atoms with Gasteiger partial charge < -0.3 is 15.3 Å². The van der Waals surface area contributed by atoms with E-state index < -0.39 is 18.3 Å². The lowest BCUT2D eigenvalue weighted by Crippen LogP contribution is -2.35. The second-order valence-electron chi connectivity index (χ2n) is 11.7. The van der Waals surface area contributed by atoms with Crippen molar-refractivity contribution in [3.05, 3.63) is 47.6 Å². The lowest BCUT2D eigenvalue weighted by atomic mass is 9.61. The predicted octanol–water partition coefficient (Wildman–Crippen LogP) is 5.73. The zero-order valence-electron chi connectivity index (χ0n) is 20.3. The van der Waals surface area contributed by atoms with Crippen molar-refractivity contribution in [3.8, 4) is 0 Å². The summed E-state index contributed by atoms with van der Waals surface area (Å²) in [6.07, 6.45) is 14.2. The van der Waals surface area contributed by atoms with Gasteiger partial charge in [0.25, 0.3) is 0 Å². The first-order chi connectivity index (χ1) is 14.4. The molecule has 0 aromatic rings. The first kappa shape index (κ1) is 24.5. The summed E-state index contributed by atoms with van der Waals surface area (Å²) in [4.78, 5) is 0. The molecule has 3 aliphatic carbocycles. The van der Waals surface area contributed by atoms with Crippen LogP contribution in [0.15, 0.2) is 47.6 Å². The van der Waals surface area contributed by atoms with E-state index in [0.717, 1.165) is 17.6 Å². The average Bonchev–Trinajstić information content (AvgIpc) is 3.04. The molecule has 1 unspecified atom stereocenters. The second kappa shape index (κ2) is 9.37. The molecule has 0 saturated heterocycles. The summed E-state index contributed by atoms with van der Waals surface area (Å²) in [5.74, 6) is 1.68. The fraction of sp³-hybridized carbons (Fsp3) is 0.714. The summed E-state index contributed by atoms with van der Waals surface area (Å²) in [6.45, 7) is 15.1. The quantitative estimate of drug-likeness (QED) is 0.501. The van der Waals surface area contributed by atoms with Gasteiger partial charge in [0.05, 0.1) is 18.3 Å². The molecule has 7 atom stereocenters. The Morgan fingerprint density at radius 3 is 2.52 bits per heavy atom. The fourth-order valence-electron chi connectivity index (χ4n) is 6.31. The highest BCUT2D eigenvalue weighted by Gasteiger charge is 2.50. The van der Waals surface area contributed by atoms with Crippen LogP contribution in [0.5, 0.6) is 0 Å². The van der Waals surface area contributed by atoms with Gasteiger partial charge in [0.2, 0.25) is 0 Å². The number of aliphatic hydroxyl groups is 3. The molecule has 0 aromatic carbocycles. The highest BCUT2D eigenvalue weighted by atomic mass is 16.3. The second-order valence-corrected chi connectivity index (χ2v) is 11.7. The molecule has 0 aromatic heterocycles. The first-order valence-electron chi connectivity index (χ1n) is 12.2. The summed E-state index contributed by atoms with van der Waals surface area (Å²) < 4.78 is 0. The Balaban J connectivity index is 1.76. The Hall–Kier alpha value is -1.16. The molecule has 3 N–H and O–H groups in total. The van der Waals surface area contributed by atoms with Crippen molar-refractivity contribution in [1.82, 2.24) is 0 Å². The van der Waals surface area contributed by atoms with E-state index in [2.05, 4.69) is 59.4 Å². The average molecular weight is 429 g/mol. The molecule has 0 spiro atoms. The van der Waals surface area contributed by atoms with E-state index in [9.17, 15) is 15.3 Å². The van der Waals surface area contributed by atoms with Crippen molar-refractivity contribution in [2.45, 2.75) is 97.9 Å². The molecule has 3 rings (SSSR count). The highest BCUT2D eigenvalue weighted by Crippen LogP contribution is 2.59. The Kier molecular flexibility index (Phi) is 7.40. The number of hydrogen-bond acceptors (Lipinski definition) is 3. The minimum atomic E-state index is -0.628. The molecular weight excluding hydrogens is 384 g/mol. The fourth-order valence-corrected chi connectivity index (χ4v) is 6.31. The number of rotatable bonds is 4. The van der Waals surface area contributed by atoms with Crippen molar-refractivity contribution in [2.75, 3.05) is 0 Å². The standard InChI is InChI=1S/C28H44O3/c1-18(9-14-26(31)27(3,4)5)23-12-13-24-20(8-7-15-28(23,24)6)10-11-21-16-22(29)17-25(30)19(21)2/h9-11,14,18,22-26,29-31H,2,7-8,12-13,15-17H2,1,3-6H3/b14-9+,20-10+,21-11-/t18-,22-,23-,24+,25+,26?,28-/m1/s1. The SMILES string of the molecule is C=C1/C(=C\C=C2/CCC[C@]3(C)[C@@H]([C@H](C)/C=C/C(O)C(C)(C)C)CC[C@@H]23)C[C@@H](O)C[C@@H]1O. The van der Waals surface area contributed by atoms with Gasteiger partial charge in [0.15, 0.2) is 0 Å². The molecule has 0 heterocycles. The van der Waals surface area contributed by atoms with Gasteiger partial charge in [-0.1, -0.05) is 71.1 Å². The van der Waals surface area contributed by atoms with Crippen LogP contribution in [0.3, 0.4) is 0 Å². The lowest BCUT2D eigenvalue weighted by molar-refractivity contribution is 0.0862. The van der Waals surface area contributed by atoms with E-state index in [1.165, 1.54) is 31.3 Å². The molecule has 3 saturated carbocycles. The van der Waals surface area contributed by atoms with E-state index in [1.54, 1.807) is 0 Å². The third kappa shape index (κ3) is 5.26. The van der Waals surface area contributed by atoms with E-state index in [1.807, 2.05) is 6.08 Å². The Labute approximate surface area is 189 Å². The van der Waals surface area contributed by atoms with Crippen LogP contribution in [-0.4, -0.2) is 33.6 Å². The maximum Gasteiger partial charge on any atom is 0.0811 e. The molecule has 0 aliphatic heterocycles. The van der Waals surface area contributed by atoms with Gasteiger partial charge in [-0.3, -0.25) is 0 Å².